The van der Waals surface area contributed by atoms with Crippen molar-refractivity contribution < 1.29 is 28.6 Å². The zero-order valence-corrected chi connectivity index (χ0v) is 16.9. The first-order chi connectivity index (χ1) is 13.9. The lowest BCUT2D eigenvalue weighted by molar-refractivity contribution is -0.139. The van der Waals surface area contributed by atoms with Crippen LogP contribution in [-0.4, -0.2) is 34.5 Å². The normalized spacial score (nSPS) is 15.1. The first kappa shape index (κ1) is 20.8. The number of nitrogens with zero attached hydrogens (tertiary/aromatic N) is 1. The first-order valence-electron chi connectivity index (χ1n) is 8.54. The van der Waals surface area contributed by atoms with E-state index in [0.717, 1.165) is 16.7 Å². The summed E-state index contributed by atoms with van der Waals surface area (Å²) < 4.78 is 25.1. The Balaban J connectivity index is 1.89. The zero-order chi connectivity index (χ0) is 21.0. The van der Waals surface area contributed by atoms with Crippen LogP contribution in [0.2, 0.25) is 0 Å². The maximum Gasteiger partial charge on any atom is 0.341 e. The predicted molar refractivity (Wildman–Crippen MR) is 113 cm³/mol. The molecule has 1 aliphatic rings. The van der Waals surface area contributed by atoms with Crippen molar-refractivity contribution in [3.63, 3.8) is 0 Å². The molecule has 1 fully saturated rings. The Bertz CT molecular complexity index is 1010. The number of rotatable bonds is 7. The lowest BCUT2D eigenvalue weighted by atomic mass is 10.1. The number of carboxylic acids is 1. The molecule has 0 aromatic heterocycles. The largest absolute Gasteiger partial charge is 0.490 e. The standard InChI is InChI=1S/C20H16FNO5S2/c1-2-26-16-9-12(7-8-15(16)27-11-18(23)24)10-17-19(25)22(20(28)29-17)14-6-4-3-5-13(14)21/h3-10H,2,11H2,1H3,(H,23,24)/b17-10+. The Morgan fingerprint density at radius 3 is 2.69 bits per heavy atom. The Morgan fingerprint density at radius 2 is 2.00 bits per heavy atom. The van der Waals surface area contributed by atoms with Crippen molar-refractivity contribution in [1.82, 2.24) is 0 Å². The highest BCUT2D eigenvalue weighted by molar-refractivity contribution is 8.27. The van der Waals surface area contributed by atoms with E-state index in [9.17, 15) is 14.0 Å². The average Bonchev–Trinajstić information content (AvgIpc) is 2.95. The summed E-state index contributed by atoms with van der Waals surface area (Å²) in [6, 6.07) is 10.8. The molecule has 6 nitrogen and oxygen atoms in total. The minimum absolute atomic E-state index is 0.103. The number of hydrogen-bond acceptors (Lipinski definition) is 6. The van der Waals surface area contributed by atoms with Gasteiger partial charge in [-0.1, -0.05) is 42.2 Å². The lowest BCUT2D eigenvalue weighted by Crippen LogP contribution is -2.28. The van der Waals surface area contributed by atoms with Crippen molar-refractivity contribution in [1.29, 1.82) is 0 Å². The molecule has 0 spiro atoms. The number of carbonyl (C=O) groups excluding carboxylic acids is 1. The summed E-state index contributed by atoms with van der Waals surface area (Å²) in [6.07, 6.45) is 1.61. The van der Waals surface area contributed by atoms with Crippen LogP contribution in [0.5, 0.6) is 11.5 Å². The summed E-state index contributed by atoms with van der Waals surface area (Å²) in [4.78, 5) is 25.0. The van der Waals surface area contributed by atoms with Gasteiger partial charge in [-0.05, 0) is 42.8 Å². The van der Waals surface area contributed by atoms with Crippen molar-refractivity contribution in [3.05, 3.63) is 58.8 Å². The third kappa shape index (κ3) is 4.75. The van der Waals surface area contributed by atoms with E-state index in [-0.39, 0.29) is 15.8 Å². The molecule has 0 unspecified atom stereocenters. The van der Waals surface area contributed by atoms with E-state index in [1.807, 2.05) is 0 Å². The van der Waals surface area contributed by atoms with E-state index in [1.54, 1.807) is 37.3 Å². The topological polar surface area (TPSA) is 76.1 Å². The third-order valence-corrected chi connectivity index (χ3v) is 5.11. The van der Waals surface area contributed by atoms with Gasteiger partial charge in [-0.3, -0.25) is 9.69 Å². The highest BCUT2D eigenvalue weighted by Gasteiger charge is 2.34. The fraction of sp³-hybridized carbons (Fsp3) is 0.150. The molecule has 29 heavy (non-hydrogen) atoms. The molecule has 1 aliphatic heterocycles. The van der Waals surface area contributed by atoms with E-state index < -0.39 is 24.3 Å². The number of hydrogen-bond donors (Lipinski definition) is 1. The van der Waals surface area contributed by atoms with Gasteiger partial charge in [0.2, 0.25) is 0 Å². The maximum absolute atomic E-state index is 14.1. The predicted octanol–water partition coefficient (Wildman–Crippen LogP) is 4.09. The number of anilines is 1. The molecule has 0 bridgehead atoms. The molecule has 1 amide bonds. The van der Waals surface area contributed by atoms with Crippen LogP contribution in [0.15, 0.2) is 47.4 Å². The van der Waals surface area contributed by atoms with Gasteiger partial charge < -0.3 is 14.6 Å². The van der Waals surface area contributed by atoms with E-state index in [1.165, 1.54) is 18.2 Å². The first-order valence-corrected chi connectivity index (χ1v) is 9.77. The molecule has 3 rings (SSSR count). The number of para-hydroxylation sites is 1. The highest BCUT2D eigenvalue weighted by atomic mass is 32.2. The molecule has 0 saturated carbocycles. The summed E-state index contributed by atoms with van der Waals surface area (Å²) >= 11 is 6.33. The number of carboxylic acid groups (broad SMARTS) is 1. The summed E-state index contributed by atoms with van der Waals surface area (Å²) in [5.74, 6) is -1.43. The molecule has 2 aromatic rings. The van der Waals surface area contributed by atoms with Gasteiger partial charge >= 0.3 is 5.97 Å². The van der Waals surface area contributed by atoms with Crippen molar-refractivity contribution in [3.8, 4) is 11.5 Å². The minimum Gasteiger partial charge on any atom is -0.490 e. The second kappa shape index (κ2) is 9.06. The van der Waals surface area contributed by atoms with Crippen LogP contribution in [0.25, 0.3) is 6.08 Å². The monoisotopic (exact) mass is 433 g/mol. The van der Waals surface area contributed by atoms with Gasteiger partial charge in [0.15, 0.2) is 22.4 Å². The number of halogens is 1. The SMILES string of the molecule is CCOc1cc(/C=C2/SC(=S)N(c3ccccc3F)C2=O)ccc1OCC(=O)O. The number of benzene rings is 2. The molecule has 1 heterocycles. The molecule has 2 aromatic carbocycles. The van der Waals surface area contributed by atoms with Crippen LogP contribution in [0, 0.1) is 5.82 Å². The van der Waals surface area contributed by atoms with Gasteiger partial charge in [0.1, 0.15) is 5.82 Å². The van der Waals surface area contributed by atoms with Gasteiger partial charge in [0.25, 0.3) is 5.91 Å². The molecule has 150 valence electrons. The number of aliphatic carboxylic acids is 1. The van der Waals surface area contributed by atoms with Crippen LogP contribution < -0.4 is 14.4 Å². The Kier molecular flexibility index (Phi) is 6.50. The number of amides is 1. The van der Waals surface area contributed by atoms with Crippen molar-refractivity contribution in [2.24, 2.45) is 0 Å². The Morgan fingerprint density at radius 1 is 1.24 bits per heavy atom. The second-order valence-electron chi connectivity index (χ2n) is 5.79. The van der Waals surface area contributed by atoms with Crippen molar-refractivity contribution >= 4 is 51.9 Å². The molecule has 0 aliphatic carbocycles. The summed E-state index contributed by atoms with van der Waals surface area (Å²) in [5.41, 5.74) is 0.732. The molecular formula is C20H16FNO5S2. The van der Waals surface area contributed by atoms with Crippen molar-refractivity contribution in [2.45, 2.75) is 6.92 Å². The Hall–Kier alpha value is -2.91. The van der Waals surface area contributed by atoms with Gasteiger partial charge in [-0.25, -0.2) is 9.18 Å². The highest BCUT2D eigenvalue weighted by Crippen LogP contribution is 2.38. The van der Waals surface area contributed by atoms with Crippen LogP contribution >= 0.6 is 24.0 Å². The van der Waals surface area contributed by atoms with E-state index >= 15 is 0 Å². The quantitative estimate of drug-likeness (QED) is 0.521. The maximum atomic E-state index is 14.1. The van der Waals surface area contributed by atoms with E-state index in [4.69, 9.17) is 26.8 Å². The van der Waals surface area contributed by atoms with Crippen LogP contribution in [0.3, 0.4) is 0 Å². The second-order valence-corrected chi connectivity index (χ2v) is 7.47. The average molecular weight is 433 g/mol. The molecule has 1 N–H and O–H groups in total. The molecule has 1 saturated heterocycles. The lowest BCUT2D eigenvalue weighted by Gasteiger charge is -2.15. The molecule has 0 radical (unpaired) electrons. The molecule has 0 atom stereocenters. The van der Waals surface area contributed by atoms with Crippen LogP contribution in [0.4, 0.5) is 10.1 Å². The summed E-state index contributed by atoms with van der Waals surface area (Å²) in [5, 5.41) is 8.77. The zero-order valence-electron chi connectivity index (χ0n) is 15.3. The minimum atomic E-state index is -1.10. The summed E-state index contributed by atoms with van der Waals surface area (Å²) in [7, 11) is 0. The smallest absolute Gasteiger partial charge is 0.341 e. The van der Waals surface area contributed by atoms with E-state index in [0.29, 0.717) is 22.8 Å². The number of ether oxygens (including phenoxy) is 2. The summed E-state index contributed by atoms with van der Waals surface area (Å²) in [6.45, 7) is 1.64. The Labute approximate surface area is 175 Å². The van der Waals surface area contributed by atoms with E-state index in [2.05, 4.69) is 0 Å². The molecule has 9 heteroatoms. The van der Waals surface area contributed by atoms with Gasteiger partial charge in [-0.2, -0.15) is 0 Å². The third-order valence-electron chi connectivity index (χ3n) is 3.80. The molecular weight excluding hydrogens is 417 g/mol. The fourth-order valence-corrected chi connectivity index (χ4v) is 3.89. The number of thioether (sulfide) groups is 1. The van der Waals surface area contributed by atoms with Crippen LogP contribution in [-0.2, 0) is 9.59 Å². The van der Waals surface area contributed by atoms with Gasteiger partial charge in [-0.15, -0.1) is 0 Å². The van der Waals surface area contributed by atoms with Gasteiger partial charge in [0, 0.05) is 0 Å². The van der Waals surface area contributed by atoms with Crippen LogP contribution in [0.1, 0.15) is 12.5 Å². The number of carbonyl (C=O) groups is 2. The number of thiocarbonyl (C=S) groups is 1. The fourth-order valence-electron chi connectivity index (χ4n) is 2.60. The van der Waals surface area contributed by atoms with Gasteiger partial charge in [0.05, 0.1) is 17.2 Å². The van der Waals surface area contributed by atoms with Crippen molar-refractivity contribution in [2.75, 3.05) is 18.1 Å².